The van der Waals surface area contributed by atoms with Crippen LogP contribution in [0.15, 0.2) is 54.6 Å². The SMILES string of the molecule is Cc1cccc(N(CCNC(=O)COc2ccccc2)S(C)(=O)=O)c1. The van der Waals surface area contributed by atoms with Crippen LogP contribution in [0.1, 0.15) is 5.56 Å². The van der Waals surface area contributed by atoms with Crippen molar-refractivity contribution in [3.8, 4) is 5.75 Å². The van der Waals surface area contributed by atoms with Crippen LogP contribution in [0.4, 0.5) is 5.69 Å². The van der Waals surface area contributed by atoms with E-state index < -0.39 is 10.0 Å². The van der Waals surface area contributed by atoms with Gasteiger partial charge in [-0.3, -0.25) is 9.10 Å². The molecule has 0 aliphatic rings. The predicted octanol–water partition coefficient (Wildman–Crippen LogP) is 1.96. The lowest BCUT2D eigenvalue weighted by molar-refractivity contribution is -0.123. The third-order valence-corrected chi connectivity index (χ3v) is 4.63. The van der Waals surface area contributed by atoms with Crippen LogP contribution in [0.5, 0.6) is 5.75 Å². The third-order valence-electron chi connectivity index (χ3n) is 3.44. The van der Waals surface area contributed by atoms with Crippen molar-refractivity contribution in [3.05, 3.63) is 60.2 Å². The number of hydrogen-bond donors (Lipinski definition) is 1. The maximum Gasteiger partial charge on any atom is 0.258 e. The summed E-state index contributed by atoms with van der Waals surface area (Å²) >= 11 is 0. The fourth-order valence-electron chi connectivity index (χ4n) is 2.28. The topological polar surface area (TPSA) is 75.7 Å². The average Bonchev–Trinajstić information content (AvgIpc) is 2.56. The Hall–Kier alpha value is -2.54. The maximum atomic E-state index is 12.0. The van der Waals surface area contributed by atoms with Gasteiger partial charge >= 0.3 is 0 Å². The summed E-state index contributed by atoms with van der Waals surface area (Å²) in [5, 5.41) is 2.67. The first-order chi connectivity index (χ1) is 11.9. The Labute approximate surface area is 148 Å². The second-order valence-corrected chi connectivity index (χ2v) is 7.53. The van der Waals surface area contributed by atoms with Crippen LogP contribution in [-0.2, 0) is 14.8 Å². The first-order valence-electron chi connectivity index (χ1n) is 7.85. The number of nitrogens with one attached hydrogen (secondary N) is 1. The number of hydrogen-bond acceptors (Lipinski definition) is 4. The summed E-state index contributed by atoms with van der Waals surface area (Å²) in [5.41, 5.74) is 1.55. The van der Waals surface area contributed by atoms with E-state index in [1.807, 2.05) is 31.2 Å². The molecule has 6 nitrogen and oxygen atoms in total. The minimum absolute atomic E-state index is 0.118. The van der Waals surface area contributed by atoms with E-state index in [4.69, 9.17) is 4.74 Å². The normalized spacial score (nSPS) is 11.0. The highest BCUT2D eigenvalue weighted by atomic mass is 32.2. The van der Waals surface area contributed by atoms with Crippen LogP contribution in [0, 0.1) is 6.92 Å². The van der Waals surface area contributed by atoms with Gasteiger partial charge in [-0.25, -0.2) is 8.42 Å². The quantitative estimate of drug-likeness (QED) is 0.779. The Bertz CT molecular complexity index is 807. The molecule has 2 aromatic carbocycles. The van der Waals surface area contributed by atoms with E-state index >= 15 is 0 Å². The van der Waals surface area contributed by atoms with Gasteiger partial charge < -0.3 is 10.1 Å². The molecule has 7 heteroatoms. The van der Waals surface area contributed by atoms with Gasteiger partial charge in [-0.1, -0.05) is 30.3 Å². The van der Waals surface area contributed by atoms with Gasteiger partial charge in [0.05, 0.1) is 18.5 Å². The smallest absolute Gasteiger partial charge is 0.258 e. The zero-order chi connectivity index (χ0) is 18.3. The number of benzene rings is 2. The number of ether oxygens (including phenoxy) is 1. The molecule has 2 aromatic rings. The number of para-hydroxylation sites is 1. The molecule has 0 aliphatic carbocycles. The molecular formula is C18H22N2O4S. The molecule has 0 radical (unpaired) electrons. The van der Waals surface area contributed by atoms with Gasteiger partial charge in [-0.05, 0) is 36.8 Å². The van der Waals surface area contributed by atoms with Gasteiger partial charge in [0.25, 0.3) is 5.91 Å². The van der Waals surface area contributed by atoms with E-state index in [-0.39, 0.29) is 25.6 Å². The lowest BCUT2D eigenvalue weighted by atomic mass is 10.2. The summed E-state index contributed by atoms with van der Waals surface area (Å²) in [6.07, 6.45) is 1.15. The van der Waals surface area contributed by atoms with Crippen LogP contribution in [0.25, 0.3) is 0 Å². The van der Waals surface area contributed by atoms with Crippen LogP contribution >= 0.6 is 0 Å². The number of amides is 1. The van der Waals surface area contributed by atoms with Gasteiger partial charge in [-0.15, -0.1) is 0 Å². The molecule has 0 unspecified atom stereocenters. The molecule has 1 N–H and O–H groups in total. The van der Waals surface area contributed by atoms with Gasteiger partial charge in [0.15, 0.2) is 6.61 Å². The Balaban J connectivity index is 1.87. The van der Waals surface area contributed by atoms with E-state index in [2.05, 4.69) is 5.32 Å². The van der Waals surface area contributed by atoms with E-state index in [1.54, 1.807) is 30.3 Å². The number of rotatable bonds is 8. The lowest BCUT2D eigenvalue weighted by Crippen LogP contribution is -2.39. The predicted molar refractivity (Wildman–Crippen MR) is 98.3 cm³/mol. The minimum Gasteiger partial charge on any atom is -0.484 e. The number of nitrogens with zero attached hydrogens (tertiary/aromatic N) is 1. The Morgan fingerprint density at radius 3 is 2.48 bits per heavy atom. The first-order valence-corrected chi connectivity index (χ1v) is 9.70. The summed E-state index contributed by atoms with van der Waals surface area (Å²) in [7, 11) is -3.44. The maximum absolute atomic E-state index is 12.0. The molecule has 134 valence electrons. The second kappa shape index (κ2) is 8.53. The van der Waals surface area contributed by atoms with Crippen molar-refractivity contribution in [2.24, 2.45) is 0 Å². The van der Waals surface area contributed by atoms with Crippen molar-refractivity contribution in [1.29, 1.82) is 0 Å². The van der Waals surface area contributed by atoms with Crippen LogP contribution in [0.3, 0.4) is 0 Å². The third kappa shape index (κ3) is 6.11. The molecule has 0 bridgehead atoms. The van der Waals surface area contributed by atoms with E-state index in [1.165, 1.54) is 4.31 Å². The van der Waals surface area contributed by atoms with Crippen LogP contribution in [-0.4, -0.2) is 40.3 Å². The fraction of sp³-hybridized carbons (Fsp3) is 0.278. The molecular weight excluding hydrogens is 340 g/mol. The number of sulfonamides is 1. The standard InChI is InChI=1S/C18H22N2O4S/c1-15-7-6-8-16(13-15)20(25(2,22)23)12-11-19-18(21)14-24-17-9-4-3-5-10-17/h3-10,13H,11-12,14H2,1-2H3,(H,19,21). The highest BCUT2D eigenvalue weighted by Crippen LogP contribution is 2.18. The molecule has 0 aliphatic heterocycles. The molecule has 0 saturated carbocycles. The largest absolute Gasteiger partial charge is 0.484 e. The Morgan fingerprint density at radius 1 is 1.12 bits per heavy atom. The van der Waals surface area contributed by atoms with Gasteiger partial charge in [0.2, 0.25) is 10.0 Å². The summed E-state index contributed by atoms with van der Waals surface area (Å²) in [6, 6.07) is 16.2. The molecule has 1 amide bonds. The average molecular weight is 362 g/mol. The summed E-state index contributed by atoms with van der Waals surface area (Å²) < 4.78 is 30.7. The Kier molecular flexibility index (Phi) is 6.41. The van der Waals surface area contributed by atoms with Crippen LogP contribution in [0.2, 0.25) is 0 Å². The molecule has 0 atom stereocenters. The monoisotopic (exact) mass is 362 g/mol. The summed E-state index contributed by atoms with van der Waals surface area (Å²) in [4.78, 5) is 11.8. The minimum atomic E-state index is -3.44. The van der Waals surface area contributed by atoms with Crippen LogP contribution < -0.4 is 14.4 Å². The fourth-order valence-corrected chi connectivity index (χ4v) is 3.20. The molecule has 0 aromatic heterocycles. The van der Waals surface area contributed by atoms with Gasteiger partial charge in [-0.2, -0.15) is 0 Å². The molecule has 0 fully saturated rings. The van der Waals surface area contributed by atoms with Crippen molar-refractivity contribution in [2.45, 2.75) is 6.92 Å². The summed E-state index contributed by atoms with van der Waals surface area (Å²) in [6.45, 7) is 2.12. The Morgan fingerprint density at radius 2 is 1.84 bits per heavy atom. The van der Waals surface area contributed by atoms with E-state index in [0.29, 0.717) is 11.4 Å². The van der Waals surface area contributed by atoms with Crippen molar-refractivity contribution < 1.29 is 17.9 Å². The van der Waals surface area contributed by atoms with E-state index in [9.17, 15) is 13.2 Å². The van der Waals surface area contributed by atoms with E-state index in [0.717, 1.165) is 11.8 Å². The highest BCUT2D eigenvalue weighted by Gasteiger charge is 2.17. The zero-order valence-corrected chi connectivity index (χ0v) is 15.1. The number of aryl methyl sites for hydroxylation is 1. The molecule has 0 spiro atoms. The zero-order valence-electron chi connectivity index (χ0n) is 14.3. The number of anilines is 1. The number of carbonyl (C=O) groups excluding carboxylic acids is 1. The van der Waals surface area contributed by atoms with Gasteiger partial charge in [0.1, 0.15) is 5.75 Å². The molecule has 0 saturated heterocycles. The molecule has 25 heavy (non-hydrogen) atoms. The lowest BCUT2D eigenvalue weighted by Gasteiger charge is -2.23. The van der Waals surface area contributed by atoms with Crippen molar-refractivity contribution in [1.82, 2.24) is 5.32 Å². The molecule has 0 heterocycles. The second-order valence-electron chi connectivity index (χ2n) is 5.63. The molecule has 2 rings (SSSR count). The van der Waals surface area contributed by atoms with Gasteiger partial charge in [0, 0.05) is 6.54 Å². The van der Waals surface area contributed by atoms with Crippen molar-refractivity contribution in [2.75, 3.05) is 30.3 Å². The van der Waals surface area contributed by atoms with Crippen molar-refractivity contribution in [3.63, 3.8) is 0 Å². The van der Waals surface area contributed by atoms with Crippen molar-refractivity contribution >= 4 is 21.6 Å². The number of carbonyl (C=O) groups is 1. The summed E-state index contributed by atoms with van der Waals surface area (Å²) in [5.74, 6) is 0.303. The highest BCUT2D eigenvalue weighted by molar-refractivity contribution is 7.92. The first kappa shape index (κ1) is 18.8.